The summed E-state index contributed by atoms with van der Waals surface area (Å²) in [7, 11) is -3.30. The number of sulfonamides is 1. The first-order valence-corrected chi connectivity index (χ1v) is 7.79. The lowest BCUT2D eigenvalue weighted by Crippen LogP contribution is -2.35. The van der Waals surface area contributed by atoms with Crippen molar-refractivity contribution in [1.29, 1.82) is 0 Å². The summed E-state index contributed by atoms with van der Waals surface area (Å²) in [5.41, 5.74) is 6.11. The van der Waals surface area contributed by atoms with Gasteiger partial charge in [0.1, 0.15) is 12.4 Å². The fraction of sp³-hybridized carbons (Fsp3) is 0.538. The molecule has 6 heteroatoms. The minimum atomic E-state index is -3.30. The summed E-state index contributed by atoms with van der Waals surface area (Å²) in [6.45, 7) is 6.42. The Kier molecular flexibility index (Phi) is 5.20. The van der Waals surface area contributed by atoms with Crippen molar-refractivity contribution in [3.63, 3.8) is 0 Å². The lowest BCUT2D eigenvalue weighted by molar-refractivity contribution is 0.339. The minimum Gasteiger partial charge on any atom is -0.492 e. The Labute approximate surface area is 115 Å². The molecule has 0 aliphatic carbocycles. The Morgan fingerprint density at radius 1 is 1.32 bits per heavy atom. The monoisotopic (exact) mass is 286 g/mol. The molecule has 0 saturated carbocycles. The Morgan fingerprint density at radius 3 is 2.58 bits per heavy atom. The lowest BCUT2D eigenvalue weighted by Gasteiger charge is -2.18. The Morgan fingerprint density at radius 2 is 2.00 bits per heavy atom. The zero-order chi connectivity index (χ0) is 14.5. The maximum atomic E-state index is 11.7. The van der Waals surface area contributed by atoms with Gasteiger partial charge in [0.15, 0.2) is 0 Å². The smallest absolute Gasteiger partial charge is 0.214 e. The van der Waals surface area contributed by atoms with E-state index in [1.54, 1.807) is 24.3 Å². The maximum absolute atomic E-state index is 11.7. The molecule has 0 unspecified atom stereocenters. The van der Waals surface area contributed by atoms with Gasteiger partial charge in [-0.05, 0) is 17.5 Å². The van der Waals surface area contributed by atoms with Crippen LogP contribution in [0.4, 0.5) is 5.69 Å². The quantitative estimate of drug-likeness (QED) is 0.779. The molecule has 0 aliphatic heterocycles. The highest BCUT2D eigenvalue weighted by Gasteiger charge is 2.16. The topological polar surface area (TPSA) is 81.4 Å². The molecule has 19 heavy (non-hydrogen) atoms. The van der Waals surface area contributed by atoms with Crippen LogP contribution < -0.4 is 15.2 Å². The van der Waals surface area contributed by atoms with Crippen molar-refractivity contribution in [1.82, 2.24) is 4.72 Å². The fourth-order valence-electron chi connectivity index (χ4n) is 1.27. The van der Waals surface area contributed by atoms with Crippen molar-refractivity contribution in [2.75, 3.05) is 24.6 Å². The molecular formula is C13H22N2O3S. The first-order valence-electron chi connectivity index (χ1n) is 6.14. The minimum absolute atomic E-state index is 0.0715. The van der Waals surface area contributed by atoms with E-state index < -0.39 is 10.0 Å². The molecule has 0 fully saturated rings. The van der Waals surface area contributed by atoms with Gasteiger partial charge < -0.3 is 10.5 Å². The highest BCUT2D eigenvalue weighted by atomic mass is 32.2. The molecule has 1 aromatic carbocycles. The number of benzene rings is 1. The van der Waals surface area contributed by atoms with Crippen molar-refractivity contribution in [3.05, 3.63) is 24.3 Å². The van der Waals surface area contributed by atoms with E-state index in [4.69, 9.17) is 10.5 Å². The van der Waals surface area contributed by atoms with Gasteiger partial charge in [-0.3, -0.25) is 0 Å². The second-order valence-corrected chi connectivity index (χ2v) is 7.55. The Hall–Kier alpha value is -1.27. The molecule has 0 saturated heterocycles. The summed E-state index contributed by atoms with van der Waals surface area (Å²) in [6.07, 6.45) is 0. The van der Waals surface area contributed by atoms with Crippen LogP contribution in [-0.4, -0.2) is 27.3 Å². The van der Waals surface area contributed by atoms with E-state index in [2.05, 4.69) is 4.72 Å². The third-order valence-corrected chi connectivity index (χ3v) is 3.59. The summed E-state index contributed by atoms with van der Waals surface area (Å²) < 4.78 is 31.4. The van der Waals surface area contributed by atoms with E-state index >= 15 is 0 Å². The van der Waals surface area contributed by atoms with E-state index in [-0.39, 0.29) is 17.8 Å². The largest absolute Gasteiger partial charge is 0.492 e. The van der Waals surface area contributed by atoms with Crippen LogP contribution in [0.25, 0.3) is 0 Å². The Balaban J connectivity index is 2.40. The van der Waals surface area contributed by atoms with Crippen molar-refractivity contribution in [3.8, 4) is 5.75 Å². The first-order chi connectivity index (χ1) is 8.68. The molecule has 0 radical (unpaired) electrons. The van der Waals surface area contributed by atoms with Crippen LogP contribution in [-0.2, 0) is 10.0 Å². The number of rotatable bonds is 6. The van der Waals surface area contributed by atoms with E-state index in [1.165, 1.54) is 0 Å². The van der Waals surface area contributed by atoms with Crippen LogP contribution in [0.3, 0.4) is 0 Å². The predicted octanol–water partition coefficient (Wildman–Crippen LogP) is 1.61. The summed E-state index contributed by atoms with van der Waals surface area (Å²) in [5.74, 6) is 0.503. The highest BCUT2D eigenvalue weighted by molar-refractivity contribution is 7.89. The summed E-state index contributed by atoms with van der Waals surface area (Å²) in [4.78, 5) is 0. The molecule has 0 atom stereocenters. The molecule has 0 amide bonds. The van der Waals surface area contributed by atoms with Gasteiger partial charge >= 0.3 is 0 Å². The average molecular weight is 286 g/mol. The number of nitrogens with two attached hydrogens (primary N) is 1. The average Bonchev–Trinajstić information content (AvgIpc) is 2.26. The molecule has 3 N–H and O–H groups in total. The summed E-state index contributed by atoms with van der Waals surface area (Å²) in [6, 6.07) is 6.91. The normalized spacial score (nSPS) is 12.4. The molecule has 0 aromatic heterocycles. The maximum Gasteiger partial charge on any atom is 0.214 e. The van der Waals surface area contributed by atoms with Crippen molar-refractivity contribution < 1.29 is 13.2 Å². The molecule has 5 nitrogen and oxygen atoms in total. The van der Waals surface area contributed by atoms with Gasteiger partial charge in [0.2, 0.25) is 10.0 Å². The van der Waals surface area contributed by atoms with E-state index in [9.17, 15) is 8.42 Å². The van der Waals surface area contributed by atoms with Crippen molar-refractivity contribution in [2.24, 2.45) is 5.41 Å². The fourth-order valence-corrected chi connectivity index (χ4v) is 2.37. The number of anilines is 1. The van der Waals surface area contributed by atoms with E-state index in [1.807, 2.05) is 20.8 Å². The number of nitrogens with one attached hydrogen (secondary N) is 1. The summed E-state index contributed by atoms with van der Waals surface area (Å²) in [5, 5.41) is 0. The Bertz CT molecular complexity index is 507. The SMILES string of the molecule is CC(C)(C)CNS(=O)(=O)CCOc1cccc(N)c1. The molecule has 0 bridgehead atoms. The van der Waals surface area contributed by atoms with Gasteiger partial charge in [0.05, 0.1) is 5.75 Å². The lowest BCUT2D eigenvalue weighted by atomic mass is 9.98. The number of hydrogen-bond acceptors (Lipinski definition) is 4. The van der Waals surface area contributed by atoms with Gasteiger partial charge in [-0.1, -0.05) is 26.8 Å². The third kappa shape index (κ3) is 7.03. The van der Waals surface area contributed by atoms with Crippen molar-refractivity contribution in [2.45, 2.75) is 20.8 Å². The van der Waals surface area contributed by atoms with Crippen molar-refractivity contribution >= 4 is 15.7 Å². The number of ether oxygens (including phenoxy) is 1. The van der Waals surface area contributed by atoms with E-state index in [0.717, 1.165) is 0 Å². The third-order valence-electron chi connectivity index (χ3n) is 2.30. The highest BCUT2D eigenvalue weighted by Crippen LogP contribution is 2.14. The van der Waals surface area contributed by atoms with Crippen LogP contribution >= 0.6 is 0 Å². The van der Waals surface area contributed by atoms with Crippen LogP contribution in [0, 0.1) is 5.41 Å². The van der Waals surface area contributed by atoms with E-state index in [0.29, 0.717) is 18.0 Å². The first kappa shape index (κ1) is 15.8. The van der Waals surface area contributed by atoms with Gasteiger partial charge in [0, 0.05) is 18.3 Å². The zero-order valence-electron chi connectivity index (χ0n) is 11.6. The molecule has 0 aliphatic rings. The second-order valence-electron chi connectivity index (χ2n) is 5.62. The zero-order valence-corrected chi connectivity index (χ0v) is 12.5. The number of nitrogen functional groups attached to an aromatic ring is 1. The molecular weight excluding hydrogens is 264 g/mol. The predicted molar refractivity (Wildman–Crippen MR) is 77.6 cm³/mol. The summed E-state index contributed by atoms with van der Waals surface area (Å²) >= 11 is 0. The van der Waals surface area contributed by atoms with Gasteiger partial charge in [-0.25, -0.2) is 13.1 Å². The molecule has 108 valence electrons. The standard InChI is InChI=1S/C13H22N2O3S/c1-13(2,3)10-15-19(16,17)8-7-18-12-6-4-5-11(14)9-12/h4-6,9,15H,7-8,10,14H2,1-3H3. The van der Waals surface area contributed by atoms with Crippen LogP contribution in [0.15, 0.2) is 24.3 Å². The number of hydrogen-bond donors (Lipinski definition) is 2. The molecule has 0 heterocycles. The van der Waals surface area contributed by atoms with Crippen LogP contribution in [0.2, 0.25) is 0 Å². The second kappa shape index (κ2) is 6.25. The van der Waals surface area contributed by atoms with Gasteiger partial charge in [0.25, 0.3) is 0 Å². The molecule has 0 spiro atoms. The van der Waals surface area contributed by atoms with Gasteiger partial charge in [-0.15, -0.1) is 0 Å². The molecule has 1 rings (SSSR count). The van der Waals surface area contributed by atoms with Gasteiger partial charge in [-0.2, -0.15) is 0 Å². The van der Waals surface area contributed by atoms with Crippen LogP contribution in [0.1, 0.15) is 20.8 Å². The van der Waals surface area contributed by atoms with Crippen LogP contribution in [0.5, 0.6) is 5.75 Å². The molecule has 1 aromatic rings.